The first-order valence-electron chi connectivity index (χ1n) is 11.6. The van der Waals surface area contributed by atoms with E-state index in [2.05, 4.69) is 36.1 Å². The van der Waals surface area contributed by atoms with E-state index >= 15 is 0 Å². The van der Waals surface area contributed by atoms with Crippen LogP contribution in [0.15, 0.2) is 84.4 Å². The first-order valence-corrected chi connectivity index (χ1v) is 12.5. The van der Waals surface area contributed by atoms with Crippen molar-refractivity contribution in [1.82, 2.24) is 14.7 Å². The number of aromatic nitrogens is 2. The van der Waals surface area contributed by atoms with Crippen molar-refractivity contribution in [1.29, 1.82) is 0 Å². The molecule has 0 spiro atoms. The number of thiophene rings is 1. The van der Waals surface area contributed by atoms with Crippen LogP contribution in [0.3, 0.4) is 0 Å². The van der Waals surface area contributed by atoms with E-state index in [0.717, 1.165) is 31.6 Å². The Morgan fingerprint density at radius 3 is 2.44 bits per heavy atom. The molecule has 1 saturated heterocycles. The van der Waals surface area contributed by atoms with Crippen LogP contribution in [0.2, 0.25) is 0 Å². The predicted octanol–water partition coefficient (Wildman–Crippen LogP) is 5.95. The van der Waals surface area contributed by atoms with Crippen molar-refractivity contribution in [3.05, 3.63) is 101 Å². The monoisotopic (exact) mass is 474 g/mol. The van der Waals surface area contributed by atoms with E-state index < -0.39 is 0 Å². The molecule has 1 atom stereocenters. The minimum atomic E-state index is -0.290. The zero-order valence-corrected chi connectivity index (χ0v) is 19.9. The summed E-state index contributed by atoms with van der Waals surface area (Å²) in [4.78, 5) is 18.6. The first kappa shape index (κ1) is 22.5. The largest absolute Gasteiger partial charge is 0.296 e. The first-order chi connectivity index (χ1) is 16.6. The molecule has 1 fully saturated rings. The zero-order valence-electron chi connectivity index (χ0n) is 19.0. The minimum absolute atomic E-state index is 0.0195. The lowest BCUT2D eigenvalue weighted by atomic mass is 9.99. The van der Waals surface area contributed by atoms with Gasteiger partial charge in [0.1, 0.15) is 5.82 Å². The standard InChI is InChI=1S/C27H27FN4OS/c1-20(21-6-3-2-4-7-21)30-16-13-24(14-17-30)32(27(33)25-8-5-19-34-25)26-15-18-31(29-26)23-11-9-22(28)10-12-23/h2-12,15,18-20,24H,13-14,16-17H2,1H3. The molecule has 1 aliphatic heterocycles. The maximum Gasteiger partial charge on any atom is 0.269 e. The molecule has 1 aliphatic rings. The summed E-state index contributed by atoms with van der Waals surface area (Å²) in [5.41, 5.74) is 2.06. The highest BCUT2D eigenvalue weighted by molar-refractivity contribution is 7.12. The zero-order chi connectivity index (χ0) is 23.5. The molecule has 1 unspecified atom stereocenters. The van der Waals surface area contributed by atoms with Gasteiger partial charge < -0.3 is 0 Å². The summed E-state index contributed by atoms with van der Waals surface area (Å²) in [6.07, 6.45) is 3.57. The summed E-state index contributed by atoms with van der Waals surface area (Å²) in [5.74, 6) is 0.313. The number of benzene rings is 2. The van der Waals surface area contributed by atoms with Gasteiger partial charge in [-0.1, -0.05) is 36.4 Å². The average molecular weight is 475 g/mol. The van der Waals surface area contributed by atoms with Gasteiger partial charge in [-0.05, 0) is 61.0 Å². The molecule has 5 rings (SSSR count). The summed E-state index contributed by atoms with van der Waals surface area (Å²) >= 11 is 1.45. The third-order valence-electron chi connectivity index (χ3n) is 6.56. The van der Waals surface area contributed by atoms with Crippen LogP contribution in [0, 0.1) is 5.82 Å². The summed E-state index contributed by atoms with van der Waals surface area (Å²) in [5, 5.41) is 6.63. The van der Waals surface area contributed by atoms with Gasteiger partial charge in [-0.25, -0.2) is 9.07 Å². The highest BCUT2D eigenvalue weighted by Gasteiger charge is 2.33. The maximum atomic E-state index is 13.6. The van der Waals surface area contributed by atoms with Crippen LogP contribution in [-0.4, -0.2) is 39.7 Å². The van der Waals surface area contributed by atoms with E-state index in [1.807, 2.05) is 40.7 Å². The number of carbonyl (C=O) groups is 1. The van der Waals surface area contributed by atoms with Crippen molar-refractivity contribution >= 4 is 23.1 Å². The molecule has 2 aromatic heterocycles. The van der Waals surface area contributed by atoms with E-state index in [1.165, 1.54) is 29.0 Å². The van der Waals surface area contributed by atoms with E-state index in [-0.39, 0.29) is 17.8 Å². The van der Waals surface area contributed by atoms with Gasteiger partial charge in [0.25, 0.3) is 5.91 Å². The van der Waals surface area contributed by atoms with Crippen molar-refractivity contribution in [2.45, 2.75) is 31.8 Å². The summed E-state index contributed by atoms with van der Waals surface area (Å²) in [7, 11) is 0. The van der Waals surface area contributed by atoms with Crippen LogP contribution in [0.5, 0.6) is 0 Å². The molecule has 1 amide bonds. The fourth-order valence-electron chi connectivity index (χ4n) is 4.63. The van der Waals surface area contributed by atoms with Crippen molar-refractivity contribution in [2.24, 2.45) is 0 Å². The Kier molecular flexibility index (Phi) is 6.56. The molecule has 0 N–H and O–H groups in total. The summed E-state index contributed by atoms with van der Waals surface area (Å²) < 4.78 is 15.0. The van der Waals surface area contributed by atoms with Gasteiger partial charge in [-0.2, -0.15) is 0 Å². The highest BCUT2D eigenvalue weighted by atomic mass is 32.1. The Balaban J connectivity index is 1.37. The van der Waals surface area contributed by atoms with Crippen LogP contribution in [0.4, 0.5) is 10.2 Å². The number of hydrogen-bond donors (Lipinski definition) is 0. The van der Waals surface area contributed by atoms with Gasteiger partial charge in [0, 0.05) is 37.4 Å². The van der Waals surface area contributed by atoms with E-state index in [9.17, 15) is 9.18 Å². The van der Waals surface area contributed by atoms with Crippen molar-refractivity contribution in [3.63, 3.8) is 0 Å². The molecule has 0 bridgehead atoms. The number of halogens is 1. The number of nitrogens with zero attached hydrogens (tertiary/aromatic N) is 4. The van der Waals surface area contributed by atoms with E-state index in [0.29, 0.717) is 16.7 Å². The Bertz CT molecular complexity index is 1220. The molecule has 174 valence electrons. The maximum absolute atomic E-state index is 13.6. The van der Waals surface area contributed by atoms with Crippen LogP contribution < -0.4 is 4.90 Å². The van der Waals surface area contributed by atoms with Gasteiger partial charge in [0.15, 0.2) is 5.82 Å². The normalized spacial score (nSPS) is 15.8. The van der Waals surface area contributed by atoms with Gasteiger partial charge >= 0.3 is 0 Å². The molecular formula is C27H27FN4OS. The topological polar surface area (TPSA) is 41.4 Å². The lowest BCUT2D eigenvalue weighted by Gasteiger charge is -2.40. The second-order valence-electron chi connectivity index (χ2n) is 8.60. The lowest BCUT2D eigenvalue weighted by Crippen LogP contribution is -2.48. The molecule has 3 heterocycles. The van der Waals surface area contributed by atoms with E-state index in [1.54, 1.807) is 16.8 Å². The Labute approximate surface area is 203 Å². The fourth-order valence-corrected chi connectivity index (χ4v) is 5.29. The number of anilines is 1. The molecule has 34 heavy (non-hydrogen) atoms. The van der Waals surface area contributed by atoms with Crippen LogP contribution in [0.25, 0.3) is 5.69 Å². The lowest BCUT2D eigenvalue weighted by molar-refractivity contribution is 0.0952. The Hall–Kier alpha value is -3.29. The predicted molar refractivity (Wildman–Crippen MR) is 134 cm³/mol. The number of carbonyl (C=O) groups excluding carboxylic acids is 1. The summed E-state index contributed by atoms with van der Waals surface area (Å²) in [6.45, 7) is 4.07. The van der Waals surface area contributed by atoms with Crippen molar-refractivity contribution in [2.75, 3.05) is 18.0 Å². The number of amides is 1. The van der Waals surface area contributed by atoms with Crippen LogP contribution >= 0.6 is 11.3 Å². The quantitative estimate of drug-likeness (QED) is 0.347. The third kappa shape index (κ3) is 4.67. The molecule has 0 saturated carbocycles. The number of piperidine rings is 1. The molecule has 0 radical (unpaired) electrons. The average Bonchev–Trinajstić information content (AvgIpc) is 3.58. The van der Waals surface area contributed by atoms with Crippen molar-refractivity contribution < 1.29 is 9.18 Å². The van der Waals surface area contributed by atoms with Gasteiger partial charge in [0.05, 0.1) is 10.6 Å². The molecule has 2 aromatic carbocycles. The molecular weight excluding hydrogens is 447 g/mol. The Morgan fingerprint density at radius 1 is 1.03 bits per heavy atom. The Morgan fingerprint density at radius 2 is 1.76 bits per heavy atom. The van der Waals surface area contributed by atoms with E-state index in [4.69, 9.17) is 5.10 Å². The van der Waals surface area contributed by atoms with Gasteiger partial charge in [-0.3, -0.25) is 14.6 Å². The highest BCUT2D eigenvalue weighted by Crippen LogP contribution is 2.30. The second-order valence-corrected chi connectivity index (χ2v) is 9.55. The number of hydrogen-bond acceptors (Lipinski definition) is 4. The smallest absolute Gasteiger partial charge is 0.269 e. The minimum Gasteiger partial charge on any atom is -0.296 e. The van der Waals surface area contributed by atoms with Crippen LogP contribution in [0.1, 0.15) is 41.0 Å². The van der Waals surface area contributed by atoms with Gasteiger partial charge in [-0.15, -0.1) is 16.4 Å². The molecule has 4 aromatic rings. The van der Waals surface area contributed by atoms with Gasteiger partial charge in [0.2, 0.25) is 0 Å². The molecule has 5 nitrogen and oxygen atoms in total. The number of likely N-dealkylation sites (tertiary alicyclic amines) is 1. The third-order valence-corrected chi connectivity index (χ3v) is 7.42. The second kappa shape index (κ2) is 9.91. The SMILES string of the molecule is CC(c1ccccc1)N1CCC(N(C(=O)c2cccs2)c2ccn(-c3ccc(F)cc3)n2)CC1. The number of rotatable bonds is 6. The molecule has 0 aliphatic carbocycles. The molecule has 7 heteroatoms. The van der Waals surface area contributed by atoms with Crippen molar-refractivity contribution in [3.8, 4) is 5.69 Å². The summed E-state index contributed by atoms with van der Waals surface area (Å²) in [6, 6.07) is 22.8. The van der Waals surface area contributed by atoms with Crippen LogP contribution in [-0.2, 0) is 0 Å². The fraction of sp³-hybridized carbons (Fsp3) is 0.259.